The molecule has 0 saturated carbocycles. The Balaban J connectivity index is 1.79. The minimum atomic E-state index is -3.97. The van der Waals surface area contributed by atoms with Gasteiger partial charge in [-0.25, -0.2) is 4.79 Å². The van der Waals surface area contributed by atoms with E-state index in [0.29, 0.717) is 0 Å². The molecule has 0 aliphatic heterocycles. The highest BCUT2D eigenvalue weighted by Crippen LogP contribution is 2.47. The summed E-state index contributed by atoms with van der Waals surface area (Å²) in [6.07, 6.45) is 0.139. The molecule has 1 amide bonds. The summed E-state index contributed by atoms with van der Waals surface area (Å²) < 4.78 is 13.3. The van der Waals surface area contributed by atoms with Crippen LogP contribution in [-0.2, 0) is 33.4 Å². The molecule has 5 N–H and O–H groups in total. The molecule has 8 heteroatoms. The molecule has 0 spiro atoms. The van der Waals surface area contributed by atoms with Crippen LogP contribution in [0.2, 0.25) is 0 Å². The Morgan fingerprint density at radius 3 is 1.94 bits per heavy atom. The number of amides is 1. The Hall–Kier alpha value is -3.25. The topological polar surface area (TPSA) is 130 Å². The van der Waals surface area contributed by atoms with E-state index >= 15 is 0 Å². The molecule has 0 saturated heterocycles. The molecule has 0 aliphatic rings. The zero-order valence-corrected chi connectivity index (χ0v) is 21.2. The Kier molecular flexibility index (Phi) is 9.59. The Labute approximate surface area is 211 Å². The molecule has 0 bridgehead atoms. The van der Waals surface area contributed by atoms with Crippen molar-refractivity contribution in [3.63, 3.8) is 0 Å². The van der Waals surface area contributed by atoms with Gasteiger partial charge in [-0.1, -0.05) is 84.9 Å². The van der Waals surface area contributed by atoms with Gasteiger partial charge in [-0.05, 0) is 42.0 Å². The maximum Gasteiger partial charge on any atom is 0.326 e. The Morgan fingerprint density at radius 2 is 1.39 bits per heavy atom. The number of aliphatic carboxylic acids is 1. The fraction of sp³-hybridized carbons (Fsp3) is 0.286. The van der Waals surface area contributed by atoms with E-state index in [1.165, 1.54) is 0 Å². The first-order chi connectivity index (χ1) is 17.2. The number of nitrogens with two attached hydrogens (primary N) is 1. The first-order valence-electron chi connectivity index (χ1n) is 11.9. The molecule has 0 heterocycles. The lowest BCUT2D eigenvalue weighted by atomic mass is 9.98. The number of aryl methyl sites for hydroxylation is 1. The lowest BCUT2D eigenvalue weighted by molar-refractivity contribution is -0.142. The van der Waals surface area contributed by atoms with Crippen molar-refractivity contribution in [1.82, 2.24) is 5.32 Å². The molecule has 1 unspecified atom stereocenters. The third-order valence-electron chi connectivity index (χ3n) is 6.28. The number of carboxylic acid groups (broad SMARTS) is 1. The number of nitrogens with one attached hydrogen (secondary N) is 1. The maximum atomic E-state index is 13.3. The van der Waals surface area contributed by atoms with E-state index in [4.69, 9.17) is 5.73 Å². The molecule has 3 aromatic rings. The summed E-state index contributed by atoms with van der Waals surface area (Å²) in [6.45, 7) is 1.88. The van der Waals surface area contributed by atoms with Gasteiger partial charge in [0.05, 0.1) is 11.7 Å². The van der Waals surface area contributed by atoms with Gasteiger partial charge in [0.1, 0.15) is 6.04 Å². The number of rotatable bonds is 12. The molecule has 0 fully saturated rings. The van der Waals surface area contributed by atoms with Crippen molar-refractivity contribution < 1.29 is 24.2 Å². The second kappa shape index (κ2) is 12.6. The molecule has 7 nitrogen and oxygen atoms in total. The SMILES string of the molecule is Cc1ccccc1C[C@H](NC(=O)[C@H](Cc1ccccc1)CP(=O)(O)[C@@H](N)Cc1ccccc1)C(=O)O. The third kappa shape index (κ3) is 7.89. The summed E-state index contributed by atoms with van der Waals surface area (Å²) in [6, 6.07) is 24.5. The second-order valence-corrected chi connectivity index (χ2v) is 11.7. The molecule has 3 aromatic carbocycles. The van der Waals surface area contributed by atoms with Gasteiger partial charge >= 0.3 is 5.97 Å². The van der Waals surface area contributed by atoms with Crippen molar-refractivity contribution in [1.29, 1.82) is 0 Å². The maximum absolute atomic E-state index is 13.3. The van der Waals surface area contributed by atoms with Crippen LogP contribution < -0.4 is 11.1 Å². The highest BCUT2D eigenvalue weighted by molar-refractivity contribution is 7.58. The summed E-state index contributed by atoms with van der Waals surface area (Å²) in [5, 5.41) is 12.4. The highest BCUT2D eigenvalue weighted by atomic mass is 31.2. The first kappa shape index (κ1) is 27.3. The van der Waals surface area contributed by atoms with E-state index in [1.807, 2.05) is 91.9 Å². The Morgan fingerprint density at radius 1 is 0.861 bits per heavy atom. The molecule has 190 valence electrons. The third-order valence-corrected chi connectivity index (χ3v) is 8.47. The van der Waals surface area contributed by atoms with E-state index in [9.17, 15) is 24.2 Å². The van der Waals surface area contributed by atoms with Crippen molar-refractivity contribution in [2.24, 2.45) is 11.7 Å². The zero-order valence-electron chi connectivity index (χ0n) is 20.3. The fourth-order valence-electron chi connectivity index (χ4n) is 4.14. The largest absolute Gasteiger partial charge is 0.480 e. The summed E-state index contributed by atoms with van der Waals surface area (Å²) in [5.41, 5.74) is 9.52. The minimum Gasteiger partial charge on any atom is -0.480 e. The molecular weight excluding hydrogens is 475 g/mol. The van der Waals surface area contributed by atoms with E-state index < -0.39 is 37.0 Å². The van der Waals surface area contributed by atoms with Gasteiger partial charge < -0.3 is 21.1 Å². The van der Waals surface area contributed by atoms with E-state index in [2.05, 4.69) is 5.32 Å². The van der Waals surface area contributed by atoms with Crippen molar-refractivity contribution in [2.45, 2.75) is 38.0 Å². The lowest BCUT2D eigenvalue weighted by Crippen LogP contribution is -2.46. The lowest BCUT2D eigenvalue weighted by Gasteiger charge is -2.26. The summed E-state index contributed by atoms with van der Waals surface area (Å²) in [5.74, 6) is -3.73. The zero-order chi connectivity index (χ0) is 26.1. The van der Waals surface area contributed by atoms with Gasteiger partial charge in [0, 0.05) is 12.6 Å². The van der Waals surface area contributed by atoms with Crippen molar-refractivity contribution in [3.05, 3.63) is 107 Å². The molecule has 3 rings (SSSR count). The number of benzene rings is 3. The van der Waals surface area contributed by atoms with Crippen LogP contribution in [0.1, 0.15) is 22.3 Å². The van der Waals surface area contributed by atoms with Crippen molar-refractivity contribution in [3.8, 4) is 0 Å². The molecular formula is C28H33N2O5P. The standard InChI is InChI=1S/C28H33N2O5P/c1-20-10-8-9-15-23(20)18-25(28(32)33)30-27(31)24(16-21-11-4-2-5-12-21)19-36(34,35)26(29)17-22-13-6-3-7-14-22/h2-15,24-26H,16-19,29H2,1H3,(H,30,31)(H,32,33)(H,34,35)/t24-,25+,26-/m1/s1. The van der Waals surface area contributed by atoms with E-state index in [-0.39, 0.29) is 25.4 Å². The van der Waals surface area contributed by atoms with Gasteiger partial charge in [0.2, 0.25) is 13.3 Å². The second-order valence-electron chi connectivity index (χ2n) is 9.11. The monoisotopic (exact) mass is 508 g/mol. The predicted octanol–water partition coefficient (Wildman–Crippen LogP) is 3.76. The van der Waals surface area contributed by atoms with Crippen LogP contribution >= 0.6 is 7.37 Å². The van der Waals surface area contributed by atoms with Gasteiger partial charge in [-0.3, -0.25) is 9.36 Å². The summed E-state index contributed by atoms with van der Waals surface area (Å²) in [4.78, 5) is 36.2. The van der Waals surface area contributed by atoms with Crippen LogP contribution in [0, 0.1) is 12.8 Å². The summed E-state index contributed by atoms with van der Waals surface area (Å²) >= 11 is 0. The van der Waals surface area contributed by atoms with Gasteiger partial charge in [0.25, 0.3) is 0 Å². The van der Waals surface area contributed by atoms with Crippen LogP contribution in [0.3, 0.4) is 0 Å². The van der Waals surface area contributed by atoms with Crippen LogP contribution in [0.15, 0.2) is 84.9 Å². The minimum absolute atomic E-state index is 0.107. The number of carboxylic acids is 1. The average molecular weight is 509 g/mol. The van der Waals surface area contributed by atoms with Crippen LogP contribution in [0.25, 0.3) is 0 Å². The number of hydrogen-bond acceptors (Lipinski definition) is 4. The van der Waals surface area contributed by atoms with E-state index in [1.54, 1.807) is 0 Å². The van der Waals surface area contributed by atoms with Gasteiger partial charge in [-0.2, -0.15) is 0 Å². The first-order valence-corrected chi connectivity index (χ1v) is 13.8. The molecule has 0 aromatic heterocycles. The van der Waals surface area contributed by atoms with E-state index in [0.717, 1.165) is 22.3 Å². The normalized spacial score (nSPS) is 15.3. The smallest absolute Gasteiger partial charge is 0.326 e. The van der Waals surface area contributed by atoms with Gasteiger partial charge in [-0.15, -0.1) is 0 Å². The van der Waals surface area contributed by atoms with Crippen molar-refractivity contribution >= 4 is 19.2 Å². The molecule has 0 radical (unpaired) electrons. The molecule has 0 aliphatic carbocycles. The van der Waals surface area contributed by atoms with Crippen LogP contribution in [0.4, 0.5) is 0 Å². The van der Waals surface area contributed by atoms with Gasteiger partial charge in [0.15, 0.2) is 0 Å². The Bertz CT molecular complexity index is 1200. The van der Waals surface area contributed by atoms with Crippen molar-refractivity contribution in [2.75, 3.05) is 6.16 Å². The fourth-order valence-corrected chi connectivity index (χ4v) is 5.83. The van der Waals surface area contributed by atoms with Crippen LogP contribution in [0.5, 0.6) is 0 Å². The highest BCUT2D eigenvalue weighted by Gasteiger charge is 2.35. The average Bonchev–Trinajstić information content (AvgIpc) is 2.85. The number of hydrogen-bond donors (Lipinski definition) is 4. The number of carbonyl (C=O) groups is 2. The predicted molar refractivity (Wildman–Crippen MR) is 141 cm³/mol. The van der Waals surface area contributed by atoms with Crippen LogP contribution in [-0.4, -0.2) is 39.9 Å². The molecule has 4 atom stereocenters. The molecule has 36 heavy (non-hydrogen) atoms. The summed E-state index contributed by atoms with van der Waals surface area (Å²) in [7, 11) is -3.97. The number of carbonyl (C=O) groups excluding carboxylic acids is 1. The quantitative estimate of drug-likeness (QED) is 0.276.